The van der Waals surface area contributed by atoms with Crippen LogP contribution in [0.1, 0.15) is 11.4 Å². The molecule has 3 heterocycles. The van der Waals surface area contributed by atoms with Gasteiger partial charge >= 0.3 is 0 Å². The number of aryl methyl sites for hydroxylation is 2. The molecule has 0 fully saturated rings. The number of fused-ring (bicyclic) bond motifs is 2. The van der Waals surface area contributed by atoms with Crippen LogP contribution in [0, 0.1) is 13.8 Å². The molecule has 130 valence electrons. The van der Waals surface area contributed by atoms with Crippen molar-refractivity contribution < 1.29 is 4.79 Å². The first kappa shape index (κ1) is 16.5. The molecule has 4 rings (SSSR count). The van der Waals surface area contributed by atoms with Crippen LogP contribution in [-0.4, -0.2) is 36.2 Å². The zero-order chi connectivity index (χ0) is 18.1. The van der Waals surface area contributed by atoms with E-state index < -0.39 is 0 Å². The predicted molar refractivity (Wildman–Crippen MR) is 101 cm³/mol. The third-order valence-electron chi connectivity index (χ3n) is 3.84. The van der Waals surface area contributed by atoms with Gasteiger partial charge in [0.2, 0.25) is 11.1 Å². The Morgan fingerprint density at radius 3 is 2.92 bits per heavy atom. The van der Waals surface area contributed by atoms with Crippen molar-refractivity contribution in [2.45, 2.75) is 19.0 Å². The average molecular weight is 364 g/mol. The smallest absolute Gasteiger partial charge is 0.253 e. The van der Waals surface area contributed by atoms with Crippen molar-refractivity contribution in [3.8, 4) is 0 Å². The number of aromatic nitrogens is 5. The molecule has 0 atom stereocenters. The maximum Gasteiger partial charge on any atom is 0.253 e. The van der Waals surface area contributed by atoms with E-state index in [4.69, 9.17) is 0 Å². The van der Waals surface area contributed by atoms with Crippen molar-refractivity contribution in [1.82, 2.24) is 24.6 Å². The first-order valence-corrected chi connectivity index (χ1v) is 9.06. The minimum atomic E-state index is -0.132. The molecular formula is C18H16N6OS. The molecule has 1 aromatic carbocycles. The second kappa shape index (κ2) is 6.72. The van der Waals surface area contributed by atoms with Gasteiger partial charge in [-0.15, -0.1) is 5.10 Å². The van der Waals surface area contributed by atoms with Gasteiger partial charge < -0.3 is 5.32 Å². The van der Waals surface area contributed by atoms with Crippen molar-refractivity contribution in [1.29, 1.82) is 0 Å². The Bertz CT molecular complexity index is 1120. The van der Waals surface area contributed by atoms with E-state index in [2.05, 4.69) is 25.4 Å². The molecule has 3 aromatic heterocycles. The highest BCUT2D eigenvalue weighted by atomic mass is 32.2. The van der Waals surface area contributed by atoms with Crippen LogP contribution in [0.4, 0.5) is 5.69 Å². The molecule has 0 aliphatic heterocycles. The Kier molecular flexibility index (Phi) is 4.26. The van der Waals surface area contributed by atoms with Gasteiger partial charge in [-0.1, -0.05) is 30.0 Å². The van der Waals surface area contributed by atoms with Crippen LogP contribution in [0.25, 0.3) is 16.7 Å². The first-order valence-electron chi connectivity index (χ1n) is 8.07. The SMILES string of the molecule is Cc1cc(C)n2nc(SCC(=O)Nc3cccc4cccnc34)nc2n1. The molecule has 1 N–H and O–H groups in total. The fourth-order valence-corrected chi connectivity index (χ4v) is 3.35. The highest BCUT2D eigenvalue weighted by Gasteiger charge is 2.12. The maximum atomic E-state index is 12.3. The number of carbonyl (C=O) groups is 1. The number of hydrogen-bond donors (Lipinski definition) is 1. The van der Waals surface area contributed by atoms with Crippen LogP contribution >= 0.6 is 11.8 Å². The summed E-state index contributed by atoms with van der Waals surface area (Å²) in [4.78, 5) is 25.4. The van der Waals surface area contributed by atoms with Crippen molar-refractivity contribution in [3.05, 3.63) is 54.0 Å². The maximum absolute atomic E-state index is 12.3. The fraction of sp³-hybridized carbons (Fsp3) is 0.167. The topological polar surface area (TPSA) is 85.1 Å². The summed E-state index contributed by atoms with van der Waals surface area (Å²) in [5.74, 6) is 0.620. The predicted octanol–water partition coefficient (Wildman–Crippen LogP) is 3.02. The van der Waals surface area contributed by atoms with Crippen LogP contribution in [0.15, 0.2) is 47.8 Å². The third-order valence-corrected chi connectivity index (χ3v) is 4.68. The summed E-state index contributed by atoms with van der Waals surface area (Å²) in [6.45, 7) is 3.87. The van der Waals surface area contributed by atoms with Gasteiger partial charge in [0.15, 0.2) is 0 Å². The summed E-state index contributed by atoms with van der Waals surface area (Å²) in [6.07, 6.45) is 1.71. The lowest BCUT2D eigenvalue weighted by atomic mass is 10.2. The van der Waals surface area contributed by atoms with Crippen LogP contribution in [0.3, 0.4) is 0 Å². The number of carbonyl (C=O) groups excluding carboxylic acids is 1. The number of para-hydroxylation sites is 1. The Morgan fingerprint density at radius 1 is 1.19 bits per heavy atom. The second-order valence-electron chi connectivity index (χ2n) is 5.86. The summed E-state index contributed by atoms with van der Waals surface area (Å²) in [5.41, 5.74) is 3.32. The van der Waals surface area contributed by atoms with Crippen molar-refractivity contribution in [3.63, 3.8) is 0 Å². The number of amides is 1. The van der Waals surface area contributed by atoms with Gasteiger partial charge in [0.1, 0.15) is 0 Å². The van der Waals surface area contributed by atoms with Crippen molar-refractivity contribution in [2.75, 3.05) is 11.1 Å². The van der Waals surface area contributed by atoms with Gasteiger partial charge in [0, 0.05) is 23.0 Å². The van der Waals surface area contributed by atoms with Crippen LogP contribution in [0.2, 0.25) is 0 Å². The van der Waals surface area contributed by atoms with E-state index in [0.29, 0.717) is 16.6 Å². The Labute approximate surface area is 153 Å². The zero-order valence-corrected chi connectivity index (χ0v) is 15.1. The Balaban J connectivity index is 1.48. The van der Waals surface area contributed by atoms with E-state index in [1.165, 1.54) is 11.8 Å². The molecule has 0 saturated carbocycles. The van der Waals surface area contributed by atoms with Crippen LogP contribution in [0.5, 0.6) is 0 Å². The molecule has 8 heteroatoms. The summed E-state index contributed by atoms with van der Waals surface area (Å²) in [7, 11) is 0. The molecule has 0 saturated heterocycles. The van der Waals surface area contributed by atoms with Gasteiger partial charge in [-0.3, -0.25) is 9.78 Å². The highest BCUT2D eigenvalue weighted by Crippen LogP contribution is 2.21. The van der Waals surface area contributed by atoms with E-state index in [0.717, 1.165) is 22.3 Å². The molecule has 7 nitrogen and oxygen atoms in total. The third kappa shape index (κ3) is 3.23. The van der Waals surface area contributed by atoms with E-state index in [-0.39, 0.29) is 11.7 Å². The minimum absolute atomic E-state index is 0.132. The lowest BCUT2D eigenvalue weighted by molar-refractivity contribution is -0.113. The van der Waals surface area contributed by atoms with Crippen LogP contribution < -0.4 is 5.32 Å². The molecule has 0 spiro atoms. The number of anilines is 1. The van der Waals surface area contributed by atoms with Gasteiger partial charge in [0.25, 0.3) is 5.78 Å². The highest BCUT2D eigenvalue weighted by molar-refractivity contribution is 7.99. The summed E-state index contributed by atoms with van der Waals surface area (Å²) in [5, 5.41) is 8.81. The standard InChI is InChI=1S/C18H16N6OS/c1-11-9-12(2)24-17(20-11)22-18(23-24)26-10-15(25)21-14-7-3-5-13-6-4-8-19-16(13)14/h3-9H,10H2,1-2H3,(H,21,25). The first-order chi connectivity index (χ1) is 12.6. The molecule has 1 amide bonds. The van der Waals surface area contributed by atoms with Gasteiger partial charge in [-0.25, -0.2) is 9.50 Å². The van der Waals surface area contributed by atoms with Crippen LogP contribution in [-0.2, 0) is 4.79 Å². The summed E-state index contributed by atoms with van der Waals surface area (Å²) >= 11 is 1.28. The molecule has 0 radical (unpaired) electrons. The number of pyridine rings is 1. The van der Waals surface area contributed by atoms with Gasteiger partial charge in [0.05, 0.1) is 17.0 Å². The van der Waals surface area contributed by atoms with Crippen molar-refractivity contribution >= 4 is 40.0 Å². The molecular weight excluding hydrogens is 348 g/mol. The second-order valence-corrected chi connectivity index (χ2v) is 6.81. The lowest BCUT2D eigenvalue weighted by Crippen LogP contribution is -2.14. The van der Waals surface area contributed by atoms with E-state index in [9.17, 15) is 4.79 Å². The lowest BCUT2D eigenvalue weighted by Gasteiger charge is -2.07. The van der Waals surface area contributed by atoms with E-state index in [1.807, 2.05) is 50.2 Å². The molecule has 0 aliphatic rings. The summed E-state index contributed by atoms with van der Waals surface area (Å²) < 4.78 is 1.68. The minimum Gasteiger partial charge on any atom is -0.323 e. The monoisotopic (exact) mass is 364 g/mol. The van der Waals surface area contributed by atoms with Crippen molar-refractivity contribution in [2.24, 2.45) is 0 Å². The van der Waals surface area contributed by atoms with Gasteiger partial charge in [-0.05, 0) is 32.0 Å². The van der Waals surface area contributed by atoms with E-state index >= 15 is 0 Å². The van der Waals surface area contributed by atoms with E-state index in [1.54, 1.807) is 10.7 Å². The largest absolute Gasteiger partial charge is 0.323 e. The number of hydrogen-bond acceptors (Lipinski definition) is 6. The Morgan fingerprint density at radius 2 is 2.04 bits per heavy atom. The number of thioether (sulfide) groups is 1. The molecule has 0 unspecified atom stereocenters. The molecule has 26 heavy (non-hydrogen) atoms. The number of rotatable bonds is 4. The number of benzene rings is 1. The zero-order valence-electron chi connectivity index (χ0n) is 14.3. The average Bonchev–Trinajstić information content (AvgIpc) is 3.04. The summed E-state index contributed by atoms with van der Waals surface area (Å²) in [6, 6.07) is 11.5. The molecule has 0 bridgehead atoms. The molecule has 4 aromatic rings. The fourth-order valence-electron chi connectivity index (χ4n) is 2.73. The normalized spacial score (nSPS) is 11.2. The Hall–Kier alpha value is -3.00. The number of nitrogens with one attached hydrogen (secondary N) is 1. The molecule has 0 aliphatic carbocycles. The number of nitrogens with zero attached hydrogens (tertiary/aromatic N) is 5. The van der Waals surface area contributed by atoms with Gasteiger partial charge in [-0.2, -0.15) is 4.98 Å². The quantitative estimate of drug-likeness (QED) is 0.560.